The highest BCUT2D eigenvalue weighted by Gasteiger charge is 2.23. The minimum atomic E-state index is -0.521. The van der Waals surface area contributed by atoms with E-state index in [0.717, 1.165) is 133 Å². The third-order valence-electron chi connectivity index (χ3n) is 18.8. The molecule has 15 aromatic rings. The number of hydroxylamine groups is 3. The van der Waals surface area contributed by atoms with Gasteiger partial charge in [0.15, 0.2) is 6.29 Å². The van der Waals surface area contributed by atoms with Gasteiger partial charge in [0.05, 0.1) is 29.1 Å². The van der Waals surface area contributed by atoms with Gasteiger partial charge in [-0.05, 0) is 215 Å². The molecule has 9 aromatic carbocycles. The highest BCUT2D eigenvalue weighted by Crippen LogP contribution is 2.39. The van der Waals surface area contributed by atoms with Crippen LogP contribution in [0.5, 0.6) is 0 Å². The molecule has 1 saturated heterocycles. The molecule has 1 atom stereocenters. The minimum absolute atomic E-state index is 0. The number of aromatic nitrogens is 3. The maximum absolute atomic E-state index is 12.9. The van der Waals surface area contributed by atoms with Gasteiger partial charge in [-0.1, -0.05) is 71.2 Å². The first kappa shape index (κ1) is 74.5. The fourth-order valence-corrected chi connectivity index (χ4v) is 17.1. The smallest absolute Gasteiger partial charge is 0.272 e. The summed E-state index contributed by atoms with van der Waals surface area (Å²) in [5.74, 6) is -1.26. The second-order valence-corrected chi connectivity index (χ2v) is 30.4. The summed E-state index contributed by atoms with van der Waals surface area (Å²) in [6.07, 6.45) is 8.29. The summed E-state index contributed by atoms with van der Waals surface area (Å²) in [5, 5.41) is 55.1. The maximum atomic E-state index is 12.9. The molecule has 29 heteroatoms. The second-order valence-electron chi connectivity index (χ2n) is 26.3. The van der Waals surface area contributed by atoms with Crippen LogP contribution >= 0.6 is 68.8 Å². The number of nitro benzene ring substituents is 2. The van der Waals surface area contributed by atoms with Crippen molar-refractivity contribution in [2.75, 3.05) is 29.5 Å². The number of thiophene rings is 3. The van der Waals surface area contributed by atoms with E-state index in [0.29, 0.717) is 75.2 Å². The van der Waals surface area contributed by atoms with Gasteiger partial charge in [0.2, 0.25) is 17.7 Å². The molecule has 1 fully saturated rings. The molecule has 1 unspecified atom stereocenters. The SMILES string of the molecule is Nc1cc(-c2ccc3c(CC(=O)NO)cn(Cc4csc5ccc(Cl)cc45)c3c2)cc([N+](=O)[O-])c1.Nc1cc(-c2ccc3c(CC(=O)NOC4CCCCO4)cn(Cc4csc5ccc(Cl)cc45)c3c2)cc([N+](=O)[O-])c1.Nc1cc(N)cc(-c2ccc3c(CC(=O)NO)cn(Cc4csc5ccc(Cl)cc45)c3c2)c1.[HH]. The fraction of sp³-hybridized carbons (Fsp3) is 0.138. The molecule has 0 saturated carbocycles. The van der Waals surface area contributed by atoms with Crippen LogP contribution in [0.3, 0.4) is 0 Å². The van der Waals surface area contributed by atoms with Gasteiger partial charge >= 0.3 is 0 Å². The summed E-state index contributed by atoms with van der Waals surface area (Å²) in [6, 6.07) is 49.6. The number of anilines is 4. The molecule has 6 aromatic heterocycles. The predicted octanol–water partition coefficient (Wildman–Crippen LogP) is 18.3. The zero-order chi connectivity index (χ0) is 76.3. The number of rotatable bonds is 19. The van der Waals surface area contributed by atoms with E-state index in [1.54, 1.807) is 63.2 Å². The molecule has 109 heavy (non-hydrogen) atoms. The van der Waals surface area contributed by atoms with Gasteiger partial charge < -0.3 is 41.4 Å². The number of nitro groups is 2. The molecule has 1 aliphatic rings. The Kier molecular flexibility index (Phi) is 22.0. The number of fused-ring (bicyclic) bond motifs is 6. The number of nitrogens with one attached hydrogen (secondary N) is 3. The number of amides is 3. The minimum Gasteiger partial charge on any atom is -0.399 e. The molecule has 1 aliphatic heterocycles. The summed E-state index contributed by atoms with van der Waals surface area (Å²) in [7, 11) is 0. The van der Waals surface area contributed by atoms with E-state index in [1.807, 2.05) is 138 Å². The third-order valence-corrected chi connectivity index (χ3v) is 22.5. The fourth-order valence-electron chi connectivity index (χ4n) is 13.8. The van der Waals surface area contributed by atoms with Crippen LogP contribution in [-0.4, -0.2) is 64.6 Å². The van der Waals surface area contributed by atoms with Gasteiger partial charge in [-0.15, -0.1) is 34.0 Å². The monoisotopic (exact) mass is 1570 g/mol. The summed E-state index contributed by atoms with van der Waals surface area (Å²) in [4.78, 5) is 64.1. The van der Waals surface area contributed by atoms with E-state index in [1.165, 1.54) is 29.0 Å². The molecule has 23 nitrogen and oxygen atoms in total. The van der Waals surface area contributed by atoms with Crippen molar-refractivity contribution in [1.29, 1.82) is 0 Å². The van der Waals surface area contributed by atoms with Crippen molar-refractivity contribution in [1.82, 2.24) is 30.1 Å². The summed E-state index contributed by atoms with van der Waals surface area (Å²) in [6.45, 7) is 2.30. The van der Waals surface area contributed by atoms with Gasteiger partial charge in [0.25, 0.3) is 11.4 Å². The number of nitrogens with two attached hydrogens (primary N) is 4. The van der Waals surface area contributed by atoms with Crippen LogP contribution in [0.25, 0.3) is 96.3 Å². The van der Waals surface area contributed by atoms with E-state index in [-0.39, 0.29) is 38.0 Å². The van der Waals surface area contributed by atoms with Crippen molar-refractivity contribution in [3.05, 3.63) is 267 Å². The Morgan fingerprint density at radius 1 is 0.459 bits per heavy atom. The lowest BCUT2D eigenvalue weighted by atomic mass is 10.0. The van der Waals surface area contributed by atoms with Crippen molar-refractivity contribution in [2.24, 2.45) is 0 Å². The number of halogens is 3. The Labute approximate surface area is 649 Å². The van der Waals surface area contributed by atoms with Crippen LogP contribution in [0, 0.1) is 20.2 Å². The van der Waals surface area contributed by atoms with Crippen molar-refractivity contribution >= 4 is 184 Å². The third kappa shape index (κ3) is 16.8. The van der Waals surface area contributed by atoms with Gasteiger partial charge in [0.1, 0.15) is 0 Å². The van der Waals surface area contributed by atoms with Gasteiger partial charge in [0, 0.05) is 162 Å². The van der Waals surface area contributed by atoms with E-state index in [4.69, 9.17) is 77.7 Å². The average Bonchev–Trinajstić information content (AvgIpc) is 1.62. The van der Waals surface area contributed by atoms with Gasteiger partial charge in [-0.3, -0.25) is 45.0 Å². The molecule has 7 heterocycles. The Morgan fingerprint density at radius 3 is 1.17 bits per heavy atom. The first-order chi connectivity index (χ1) is 52.6. The highest BCUT2D eigenvalue weighted by atomic mass is 35.5. The summed E-state index contributed by atoms with van der Waals surface area (Å²) < 4.78 is 15.2. The van der Waals surface area contributed by atoms with Crippen LogP contribution in [0.15, 0.2) is 199 Å². The van der Waals surface area contributed by atoms with Gasteiger partial charge in [-0.25, -0.2) is 21.3 Å². The predicted molar refractivity (Wildman–Crippen MR) is 437 cm³/mol. The van der Waals surface area contributed by atoms with E-state index >= 15 is 0 Å². The van der Waals surface area contributed by atoms with E-state index in [9.17, 15) is 34.6 Å². The molecule has 13 N–H and O–H groups in total. The van der Waals surface area contributed by atoms with E-state index < -0.39 is 28.0 Å². The molecule has 554 valence electrons. The number of ether oxygens (including phenoxy) is 1. The van der Waals surface area contributed by atoms with Crippen molar-refractivity contribution in [2.45, 2.75) is 64.4 Å². The Balaban J connectivity index is 0.000000145. The number of carbonyl (C=O) groups excluding carboxylic acids is 3. The first-order valence-electron chi connectivity index (χ1n) is 34.1. The number of hydrogen-bond donors (Lipinski definition) is 9. The number of benzene rings is 9. The molecule has 3 amide bonds. The van der Waals surface area contributed by atoms with Crippen LogP contribution in [0.2, 0.25) is 15.1 Å². The lowest BCUT2D eigenvalue weighted by molar-refractivity contribution is -0.384. The number of hydrogen-bond acceptors (Lipinski definition) is 18. The molecular weight excluding hydrogens is 1510 g/mol. The second kappa shape index (κ2) is 32.2. The summed E-state index contributed by atoms with van der Waals surface area (Å²) in [5.41, 5.74) is 44.6. The normalized spacial score (nSPS) is 12.8. The average molecular weight is 1580 g/mol. The largest absolute Gasteiger partial charge is 0.399 e. The van der Waals surface area contributed by atoms with Crippen molar-refractivity contribution in [3.8, 4) is 33.4 Å². The zero-order valence-electron chi connectivity index (χ0n) is 57.7. The quantitative estimate of drug-likeness (QED) is 0.0157. The van der Waals surface area contributed by atoms with Crippen molar-refractivity contribution in [3.63, 3.8) is 0 Å². The lowest BCUT2D eigenvalue weighted by Gasteiger charge is -2.22. The zero-order valence-corrected chi connectivity index (χ0v) is 62.4. The number of non-ortho nitro benzene ring substituents is 2. The molecule has 0 radical (unpaired) electrons. The summed E-state index contributed by atoms with van der Waals surface area (Å²) >= 11 is 23.7. The van der Waals surface area contributed by atoms with Crippen LogP contribution in [0.1, 0.15) is 54.1 Å². The molecule has 0 spiro atoms. The van der Waals surface area contributed by atoms with Crippen molar-refractivity contribution < 1.29 is 45.6 Å². The maximum Gasteiger partial charge on any atom is 0.272 e. The number of carbonyl (C=O) groups is 3. The number of nitrogen functional groups attached to an aromatic ring is 4. The topological polar surface area (TPSA) is 351 Å². The van der Waals surface area contributed by atoms with Crippen LogP contribution in [-0.2, 0) is 62.9 Å². The van der Waals surface area contributed by atoms with E-state index in [2.05, 4.69) is 36.8 Å². The van der Waals surface area contributed by atoms with Crippen LogP contribution < -0.4 is 39.4 Å². The highest BCUT2D eigenvalue weighted by molar-refractivity contribution is 7.18. The van der Waals surface area contributed by atoms with Crippen LogP contribution in [0.4, 0.5) is 34.1 Å². The molecule has 0 bridgehead atoms. The Bertz CT molecular complexity index is 6070. The molecule has 16 rings (SSSR count). The molecular formula is C80H69Cl3N12O11S3. The Morgan fingerprint density at radius 2 is 0.817 bits per heavy atom. The Hall–Kier alpha value is -11.4. The first-order valence-corrected chi connectivity index (χ1v) is 37.9. The molecule has 0 aliphatic carbocycles. The lowest BCUT2D eigenvalue weighted by Crippen LogP contribution is -2.33. The standard InChI is InChI=1S/C30H27ClN4O5S.C25H19ClN4O4S.C25H21ClN4O2S.H2/c31-22-5-7-28-26(13-22)21(17-41-28)16-34-15-20(12-29(36)33-40-30-3-1-2-8-39-30)25-6-4-18(11-27(25)34)19-9-23(32)14-24(10-19)35(37)38;26-18-2-4-24-22(9-18)17(13-35-24)12-29-11-16(8-25(31)28-32)21-3-1-14(7-23(21)29)15-5-19(27)10-20(6-15)30(33)34;26-18-2-4-24-22(9-18)17(13-33-24)12-30-11-16(8-25(31)29-32)21-3-1-14(7-23(21)30)15-5-19(27)10-20(28)6-15;/h4-7,9-11,13-15,17,30H,1-3,8,12,16,32H2,(H,33,36);1-7,9-11,13,32H,8,12,27H2,(H,28,31);1-7,9-11,13,32H,8,12,27-28H2,(H,29,31);1H. The van der Waals surface area contributed by atoms with Gasteiger partial charge in [-0.2, -0.15) is 0 Å². The number of nitrogens with zero attached hydrogens (tertiary/aromatic N) is 5.